The summed E-state index contributed by atoms with van der Waals surface area (Å²) in [6.45, 7) is 4.05. The molecule has 5 nitrogen and oxygen atoms in total. The molecule has 0 radical (unpaired) electrons. The first-order valence-corrected chi connectivity index (χ1v) is 12.3. The van der Waals surface area contributed by atoms with E-state index in [0.29, 0.717) is 5.75 Å². The Hall–Kier alpha value is -0.830. The first-order chi connectivity index (χ1) is 12.7. The second kappa shape index (κ2) is 8.04. The summed E-state index contributed by atoms with van der Waals surface area (Å²) in [5.41, 5.74) is 1.43. The number of carbonyl (C=O) groups excluding carboxylic acids is 1. The molecule has 1 saturated heterocycles. The van der Waals surface area contributed by atoms with E-state index in [1.807, 2.05) is 22.5 Å². The van der Waals surface area contributed by atoms with Crippen LogP contribution in [0, 0.1) is 0 Å². The summed E-state index contributed by atoms with van der Waals surface area (Å²) in [5, 5.41) is 3.03. The van der Waals surface area contributed by atoms with Crippen molar-refractivity contribution in [1.82, 2.24) is 14.9 Å². The Labute approximate surface area is 166 Å². The molecule has 1 unspecified atom stereocenters. The fourth-order valence-corrected chi connectivity index (χ4v) is 6.56. The molecule has 4 heterocycles. The number of amides is 1. The molecule has 2 aromatic rings. The minimum Gasteiger partial charge on any atom is -0.342 e. The van der Waals surface area contributed by atoms with Gasteiger partial charge in [0.2, 0.25) is 5.91 Å². The highest BCUT2D eigenvalue weighted by molar-refractivity contribution is 8.00. The molecule has 2 aromatic heterocycles. The van der Waals surface area contributed by atoms with Crippen molar-refractivity contribution in [3.63, 3.8) is 0 Å². The van der Waals surface area contributed by atoms with Gasteiger partial charge in [0.15, 0.2) is 5.16 Å². The van der Waals surface area contributed by atoms with Crippen molar-refractivity contribution in [2.45, 2.75) is 42.4 Å². The van der Waals surface area contributed by atoms with Gasteiger partial charge in [0.05, 0.1) is 24.2 Å². The normalized spacial score (nSPS) is 20.4. The largest absolute Gasteiger partial charge is 0.342 e. The number of hydrogen-bond acceptors (Lipinski definition) is 6. The lowest BCUT2D eigenvalue weighted by atomic mass is 10.1. The average molecular weight is 410 g/mol. The average Bonchev–Trinajstić information content (AvgIpc) is 3.03. The van der Waals surface area contributed by atoms with Crippen LogP contribution in [0.25, 0.3) is 10.2 Å². The number of hydrogen-bond donors (Lipinski definition) is 1. The number of aromatic nitrogens is 2. The summed E-state index contributed by atoms with van der Waals surface area (Å²) < 4.78 is 0. The van der Waals surface area contributed by atoms with Crippen molar-refractivity contribution in [3.05, 3.63) is 10.4 Å². The second-order valence-corrected chi connectivity index (χ2v) is 9.88. The maximum atomic E-state index is 12.6. The molecule has 0 spiro atoms. The second-order valence-electron chi connectivity index (χ2n) is 7.06. The van der Waals surface area contributed by atoms with E-state index in [2.05, 4.69) is 7.05 Å². The minimum atomic E-state index is 0.250. The number of fused-ring (bicyclic) bond motifs is 3. The van der Waals surface area contributed by atoms with E-state index >= 15 is 0 Å². The van der Waals surface area contributed by atoms with Crippen molar-refractivity contribution in [2.24, 2.45) is 0 Å². The van der Waals surface area contributed by atoms with E-state index in [-0.39, 0.29) is 5.91 Å². The predicted octanol–water partition coefficient (Wildman–Crippen LogP) is 2.09. The van der Waals surface area contributed by atoms with Crippen LogP contribution in [0.5, 0.6) is 0 Å². The van der Waals surface area contributed by atoms with Crippen LogP contribution in [0.4, 0.5) is 0 Å². The highest BCUT2D eigenvalue weighted by atomic mass is 32.2. The van der Waals surface area contributed by atoms with Gasteiger partial charge in [0.1, 0.15) is 16.4 Å². The SMILES string of the molecule is CSc1nc(SCC(=O)N2CCCCC2)c2c3c(sc2n1)C[NH+](C)CC3. The topological polar surface area (TPSA) is 50.5 Å². The molecule has 1 N–H and O–H groups in total. The van der Waals surface area contributed by atoms with Crippen LogP contribution in [0.1, 0.15) is 29.7 Å². The van der Waals surface area contributed by atoms with Crippen molar-refractivity contribution in [3.8, 4) is 0 Å². The molecule has 0 saturated carbocycles. The molecule has 8 heteroatoms. The first-order valence-electron chi connectivity index (χ1n) is 9.24. The number of rotatable bonds is 4. The summed E-state index contributed by atoms with van der Waals surface area (Å²) in [5.74, 6) is 0.732. The van der Waals surface area contributed by atoms with Gasteiger partial charge in [0, 0.05) is 24.9 Å². The van der Waals surface area contributed by atoms with Crippen LogP contribution in [0.15, 0.2) is 10.2 Å². The smallest absolute Gasteiger partial charge is 0.232 e. The summed E-state index contributed by atoms with van der Waals surface area (Å²) in [4.78, 5) is 28.2. The Morgan fingerprint density at radius 2 is 2.08 bits per heavy atom. The highest BCUT2D eigenvalue weighted by Gasteiger charge is 2.26. The van der Waals surface area contributed by atoms with E-state index in [1.165, 1.54) is 22.2 Å². The van der Waals surface area contributed by atoms with Gasteiger partial charge in [-0.1, -0.05) is 23.5 Å². The van der Waals surface area contributed by atoms with Crippen LogP contribution in [0.2, 0.25) is 0 Å². The monoisotopic (exact) mass is 409 g/mol. The van der Waals surface area contributed by atoms with Gasteiger partial charge in [-0.25, -0.2) is 9.97 Å². The van der Waals surface area contributed by atoms with Crippen molar-refractivity contribution < 1.29 is 9.69 Å². The number of piperidine rings is 1. The fourth-order valence-electron chi connectivity index (χ4n) is 3.72. The summed E-state index contributed by atoms with van der Waals surface area (Å²) in [6, 6.07) is 0. The molecular weight excluding hydrogens is 384 g/mol. The molecular formula is C18H25N4OS3+. The van der Waals surface area contributed by atoms with Gasteiger partial charge in [-0.15, -0.1) is 11.3 Å². The lowest BCUT2D eigenvalue weighted by Gasteiger charge is -2.26. The number of quaternary nitrogens is 1. The van der Waals surface area contributed by atoms with Crippen LogP contribution < -0.4 is 4.90 Å². The fraction of sp³-hybridized carbons (Fsp3) is 0.611. The highest BCUT2D eigenvalue weighted by Crippen LogP contribution is 2.38. The zero-order chi connectivity index (χ0) is 18.1. The lowest BCUT2D eigenvalue weighted by Crippen LogP contribution is -3.08. The number of likely N-dealkylation sites (tertiary alicyclic amines) is 1. The number of thioether (sulfide) groups is 2. The number of carbonyl (C=O) groups is 1. The molecule has 2 aliphatic rings. The maximum absolute atomic E-state index is 12.6. The number of nitrogens with one attached hydrogen (secondary N) is 1. The Morgan fingerprint density at radius 3 is 2.85 bits per heavy atom. The van der Waals surface area contributed by atoms with E-state index in [4.69, 9.17) is 9.97 Å². The minimum absolute atomic E-state index is 0.250. The zero-order valence-corrected chi connectivity index (χ0v) is 17.8. The van der Waals surface area contributed by atoms with E-state index in [1.54, 1.807) is 28.4 Å². The third-order valence-electron chi connectivity index (χ3n) is 5.17. The van der Waals surface area contributed by atoms with Crippen LogP contribution in [-0.2, 0) is 17.8 Å². The number of likely N-dealkylation sites (N-methyl/N-ethyl adjacent to an activating group) is 1. The molecule has 4 rings (SSSR count). The Morgan fingerprint density at radius 1 is 1.27 bits per heavy atom. The van der Waals surface area contributed by atoms with Crippen molar-refractivity contribution >= 4 is 51.0 Å². The third-order valence-corrected chi connectivity index (χ3v) is 7.80. The Bertz CT molecular complexity index is 816. The van der Waals surface area contributed by atoms with E-state index < -0.39 is 0 Å². The van der Waals surface area contributed by atoms with E-state index in [9.17, 15) is 4.79 Å². The molecule has 2 aliphatic heterocycles. The Kier molecular flexibility index (Phi) is 5.73. The maximum Gasteiger partial charge on any atom is 0.232 e. The van der Waals surface area contributed by atoms with Crippen LogP contribution in [0.3, 0.4) is 0 Å². The summed E-state index contributed by atoms with van der Waals surface area (Å²) >= 11 is 5.00. The van der Waals surface area contributed by atoms with Crippen molar-refractivity contribution in [2.75, 3.05) is 38.7 Å². The van der Waals surface area contributed by atoms with Crippen molar-refractivity contribution in [1.29, 1.82) is 0 Å². The quantitative estimate of drug-likeness (QED) is 0.476. The molecule has 140 valence electrons. The third kappa shape index (κ3) is 3.74. The van der Waals surface area contributed by atoms with Gasteiger partial charge in [0.25, 0.3) is 0 Å². The van der Waals surface area contributed by atoms with Gasteiger partial charge in [-0.3, -0.25) is 4.79 Å². The van der Waals surface area contributed by atoms with Crippen LogP contribution in [-0.4, -0.2) is 59.5 Å². The molecule has 1 amide bonds. The standard InChI is InChI=1S/C18H24N4OS3/c1-21-9-6-12-13(10-21)26-17-15(12)16(19-18(20-17)24-2)25-11-14(23)22-7-4-3-5-8-22/h3-11H2,1-2H3/p+1. The van der Waals surface area contributed by atoms with Gasteiger partial charge < -0.3 is 9.80 Å². The molecule has 0 aromatic carbocycles. The van der Waals surface area contributed by atoms with Gasteiger partial charge in [-0.05, 0) is 31.1 Å². The zero-order valence-electron chi connectivity index (χ0n) is 15.3. The number of thiophene rings is 1. The first kappa shape index (κ1) is 18.5. The Balaban J connectivity index is 1.61. The summed E-state index contributed by atoms with van der Waals surface area (Å²) in [6.07, 6.45) is 6.62. The summed E-state index contributed by atoms with van der Waals surface area (Å²) in [7, 11) is 2.25. The molecule has 26 heavy (non-hydrogen) atoms. The molecule has 1 fully saturated rings. The van der Waals surface area contributed by atoms with Gasteiger partial charge in [-0.2, -0.15) is 0 Å². The molecule has 0 bridgehead atoms. The van der Waals surface area contributed by atoms with Crippen LogP contribution >= 0.6 is 34.9 Å². The predicted molar refractivity (Wildman–Crippen MR) is 110 cm³/mol. The number of nitrogens with zero attached hydrogens (tertiary/aromatic N) is 3. The van der Waals surface area contributed by atoms with E-state index in [0.717, 1.165) is 60.5 Å². The van der Waals surface area contributed by atoms with Gasteiger partial charge >= 0.3 is 0 Å². The molecule has 0 aliphatic carbocycles. The molecule has 1 atom stereocenters. The lowest BCUT2D eigenvalue weighted by molar-refractivity contribution is -0.895.